The minimum atomic E-state index is -0.327. The summed E-state index contributed by atoms with van der Waals surface area (Å²) in [5.74, 6) is 1.02. The lowest BCUT2D eigenvalue weighted by Gasteiger charge is -2.55. The van der Waals surface area contributed by atoms with Gasteiger partial charge in [-0.1, -0.05) is 131 Å². The van der Waals surface area contributed by atoms with E-state index in [4.69, 9.17) is 0 Å². The van der Waals surface area contributed by atoms with Crippen LogP contribution in [0.25, 0.3) is 0 Å². The van der Waals surface area contributed by atoms with Crippen LogP contribution in [0, 0.1) is 32.5 Å². The van der Waals surface area contributed by atoms with Gasteiger partial charge in [-0.05, 0) is 70.6 Å². The summed E-state index contributed by atoms with van der Waals surface area (Å²) < 4.78 is 0. The summed E-state index contributed by atoms with van der Waals surface area (Å²) in [6, 6.07) is 8.82. The number of aliphatic hydroxyl groups is 2. The van der Waals surface area contributed by atoms with Crippen LogP contribution in [0.2, 0.25) is 0 Å². The Kier molecular flexibility index (Phi) is 7.79. The second-order valence-electron chi connectivity index (χ2n) is 16.0. The van der Waals surface area contributed by atoms with Crippen LogP contribution in [0.4, 0.5) is 0 Å². The second kappa shape index (κ2) is 9.76. The molecule has 1 aromatic rings. The van der Waals surface area contributed by atoms with E-state index in [2.05, 4.69) is 120 Å². The van der Waals surface area contributed by atoms with Crippen LogP contribution in [-0.4, -0.2) is 10.2 Å². The predicted molar refractivity (Wildman–Crippen MR) is 163 cm³/mol. The molecule has 2 N–H and O–H groups in total. The normalized spacial score (nSPS) is 20.3. The Hall–Kier alpha value is -2.22. The van der Waals surface area contributed by atoms with Gasteiger partial charge in [-0.15, -0.1) is 0 Å². The molecule has 0 aromatic heterocycles. The number of allylic oxidation sites excluding steroid dienone is 8. The molecule has 2 aliphatic carbocycles. The zero-order valence-electron chi connectivity index (χ0n) is 26.3. The van der Waals surface area contributed by atoms with Crippen molar-refractivity contribution < 1.29 is 10.2 Å². The zero-order valence-corrected chi connectivity index (χ0v) is 26.3. The average molecular weight is 519 g/mol. The Bertz CT molecular complexity index is 1040. The van der Waals surface area contributed by atoms with E-state index >= 15 is 0 Å². The summed E-state index contributed by atoms with van der Waals surface area (Å²) in [7, 11) is 0. The standard InChI is InChI=1S/C36H54O2/c1-31(2,3)35(32(4,5)6)23-25(17-19-29(35)37)21-27-15-13-14-16-28(27)22-26-18-20-30(38)36(24-26,33(7,8)9)34(10,11)12/h13-20,37-38H,21-24H2,1-12H3. The average Bonchev–Trinajstić information content (AvgIpc) is 2.74. The molecule has 0 bridgehead atoms. The summed E-state index contributed by atoms with van der Waals surface area (Å²) in [6.45, 7) is 27.1. The third-order valence-electron chi connectivity index (χ3n) is 9.89. The van der Waals surface area contributed by atoms with Crippen molar-refractivity contribution >= 4 is 0 Å². The van der Waals surface area contributed by atoms with E-state index in [-0.39, 0.29) is 32.5 Å². The first kappa shape index (κ1) is 30.3. The van der Waals surface area contributed by atoms with E-state index in [1.165, 1.54) is 22.3 Å². The molecule has 1 aromatic carbocycles. The van der Waals surface area contributed by atoms with Crippen LogP contribution in [0.5, 0.6) is 0 Å². The van der Waals surface area contributed by atoms with Gasteiger partial charge in [-0.25, -0.2) is 0 Å². The van der Waals surface area contributed by atoms with Gasteiger partial charge in [-0.3, -0.25) is 0 Å². The largest absolute Gasteiger partial charge is 0.512 e. The monoisotopic (exact) mass is 518 g/mol. The molecular formula is C36H54O2. The van der Waals surface area contributed by atoms with Crippen molar-refractivity contribution in [2.45, 2.75) is 109 Å². The first-order chi connectivity index (χ1) is 17.2. The van der Waals surface area contributed by atoms with Crippen LogP contribution in [-0.2, 0) is 12.8 Å². The van der Waals surface area contributed by atoms with Gasteiger partial charge in [0, 0.05) is 10.8 Å². The summed E-state index contributed by atoms with van der Waals surface area (Å²) in [6.07, 6.45) is 11.7. The van der Waals surface area contributed by atoms with E-state index in [0.717, 1.165) is 25.7 Å². The Morgan fingerprint density at radius 3 is 1.08 bits per heavy atom. The van der Waals surface area contributed by atoms with Crippen molar-refractivity contribution in [2.24, 2.45) is 32.5 Å². The quantitative estimate of drug-likeness (QED) is 0.416. The highest BCUT2D eigenvalue weighted by atomic mass is 16.3. The van der Waals surface area contributed by atoms with Crippen LogP contribution in [0.15, 0.2) is 71.2 Å². The Balaban J connectivity index is 1.95. The molecule has 2 nitrogen and oxygen atoms in total. The van der Waals surface area contributed by atoms with Gasteiger partial charge in [0.15, 0.2) is 0 Å². The molecule has 2 aliphatic rings. The number of hydrogen-bond donors (Lipinski definition) is 2. The highest BCUT2D eigenvalue weighted by molar-refractivity contribution is 5.41. The number of aliphatic hydroxyl groups excluding tert-OH is 2. The van der Waals surface area contributed by atoms with Crippen molar-refractivity contribution in [3.05, 3.63) is 82.4 Å². The molecule has 0 saturated heterocycles. The van der Waals surface area contributed by atoms with Crippen molar-refractivity contribution in [1.82, 2.24) is 0 Å². The zero-order chi connectivity index (χ0) is 28.9. The van der Waals surface area contributed by atoms with E-state index < -0.39 is 0 Å². The molecule has 3 rings (SSSR count). The maximum atomic E-state index is 11.2. The number of rotatable bonds is 4. The van der Waals surface area contributed by atoms with Gasteiger partial charge in [-0.2, -0.15) is 0 Å². The van der Waals surface area contributed by atoms with Crippen LogP contribution >= 0.6 is 0 Å². The topological polar surface area (TPSA) is 40.5 Å². The van der Waals surface area contributed by atoms with Crippen molar-refractivity contribution in [3.63, 3.8) is 0 Å². The fraction of sp³-hybridized carbons (Fsp3) is 0.611. The molecule has 210 valence electrons. The SMILES string of the molecule is CC(C)(C)C1(C(C)(C)C)CC(Cc2ccccc2CC2=CC=C(O)C(C(C)(C)C)(C(C)(C)C)C2)=CC=C1O. The minimum Gasteiger partial charge on any atom is -0.512 e. The van der Waals surface area contributed by atoms with Gasteiger partial charge in [0.05, 0.1) is 11.5 Å². The van der Waals surface area contributed by atoms with Gasteiger partial charge >= 0.3 is 0 Å². The van der Waals surface area contributed by atoms with Crippen LogP contribution < -0.4 is 0 Å². The molecule has 0 radical (unpaired) electrons. The van der Waals surface area contributed by atoms with E-state index in [0.29, 0.717) is 11.5 Å². The lowest BCUT2D eigenvalue weighted by molar-refractivity contribution is -0.0327. The Morgan fingerprint density at radius 1 is 0.526 bits per heavy atom. The highest BCUT2D eigenvalue weighted by Crippen LogP contribution is 2.61. The molecule has 0 unspecified atom stereocenters. The summed E-state index contributed by atoms with van der Waals surface area (Å²) in [5, 5.41) is 22.5. The number of benzene rings is 1. The van der Waals surface area contributed by atoms with Crippen LogP contribution in [0.1, 0.15) is 107 Å². The van der Waals surface area contributed by atoms with Crippen LogP contribution in [0.3, 0.4) is 0 Å². The van der Waals surface area contributed by atoms with E-state index in [1.807, 2.05) is 12.2 Å². The highest BCUT2D eigenvalue weighted by Gasteiger charge is 2.55. The van der Waals surface area contributed by atoms with E-state index in [9.17, 15) is 10.2 Å². The summed E-state index contributed by atoms with van der Waals surface area (Å²) in [5.41, 5.74) is 4.43. The van der Waals surface area contributed by atoms with Crippen molar-refractivity contribution in [3.8, 4) is 0 Å². The van der Waals surface area contributed by atoms with Crippen molar-refractivity contribution in [1.29, 1.82) is 0 Å². The lowest BCUT2D eigenvalue weighted by atomic mass is 9.49. The molecule has 38 heavy (non-hydrogen) atoms. The maximum absolute atomic E-state index is 11.2. The Morgan fingerprint density at radius 2 is 0.816 bits per heavy atom. The maximum Gasteiger partial charge on any atom is 0.0997 e. The van der Waals surface area contributed by atoms with Gasteiger partial charge < -0.3 is 10.2 Å². The molecule has 0 saturated carbocycles. The first-order valence-corrected chi connectivity index (χ1v) is 14.4. The van der Waals surface area contributed by atoms with Gasteiger partial charge in [0.25, 0.3) is 0 Å². The van der Waals surface area contributed by atoms with Gasteiger partial charge in [0.2, 0.25) is 0 Å². The molecule has 0 aliphatic heterocycles. The Labute approximate surface area is 233 Å². The summed E-state index contributed by atoms with van der Waals surface area (Å²) in [4.78, 5) is 0. The van der Waals surface area contributed by atoms with Gasteiger partial charge in [0.1, 0.15) is 0 Å². The second-order valence-corrected chi connectivity index (χ2v) is 16.0. The molecule has 0 fully saturated rings. The third kappa shape index (κ3) is 5.05. The molecule has 0 heterocycles. The molecule has 2 heteroatoms. The smallest absolute Gasteiger partial charge is 0.0997 e. The molecule has 0 spiro atoms. The third-order valence-corrected chi connectivity index (χ3v) is 9.89. The molecule has 0 atom stereocenters. The lowest BCUT2D eigenvalue weighted by Crippen LogP contribution is -2.49. The summed E-state index contributed by atoms with van der Waals surface area (Å²) >= 11 is 0. The number of hydrogen-bond acceptors (Lipinski definition) is 2. The fourth-order valence-electron chi connectivity index (χ4n) is 8.14. The van der Waals surface area contributed by atoms with E-state index in [1.54, 1.807) is 0 Å². The predicted octanol–water partition coefficient (Wildman–Crippen LogP) is 10.5. The molecular weight excluding hydrogens is 464 g/mol. The first-order valence-electron chi connectivity index (χ1n) is 14.4. The van der Waals surface area contributed by atoms with Crippen molar-refractivity contribution in [2.75, 3.05) is 0 Å². The fourth-order valence-corrected chi connectivity index (χ4v) is 8.14. The molecule has 0 amide bonds. The minimum absolute atomic E-state index is 0.0879.